The van der Waals surface area contributed by atoms with Crippen LogP contribution in [0.1, 0.15) is 41.1 Å². The molecule has 4 heteroatoms. The molecule has 0 radical (unpaired) electrons. The van der Waals surface area contributed by atoms with Crippen LogP contribution in [0.5, 0.6) is 0 Å². The number of nitrogens with one attached hydrogen (secondary N) is 1. The van der Waals surface area contributed by atoms with Gasteiger partial charge in [-0.3, -0.25) is 4.79 Å². The molecule has 0 saturated heterocycles. The molecular weight excluding hydrogens is 240 g/mol. The summed E-state index contributed by atoms with van der Waals surface area (Å²) in [5.74, 6) is 0.768. The van der Waals surface area contributed by atoms with Crippen LogP contribution in [0.4, 0.5) is 0 Å². The first-order chi connectivity index (χ1) is 9.20. The molecule has 0 bridgehead atoms. The molecule has 0 fully saturated rings. The summed E-state index contributed by atoms with van der Waals surface area (Å²) < 4.78 is 4.89. The van der Waals surface area contributed by atoms with Crippen molar-refractivity contribution < 1.29 is 9.32 Å². The Morgan fingerprint density at radius 2 is 2.11 bits per heavy atom. The van der Waals surface area contributed by atoms with Crippen LogP contribution >= 0.6 is 0 Å². The Bertz CT molecular complexity index is 534. The van der Waals surface area contributed by atoms with Crippen LogP contribution in [0.15, 0.2) is 40.9 Å². The van der Waals surface area contributed by atoms with E-state index in [4.69, 9.17) is 4.52 Å². The molecule has 1 aromatic carbocycles. The first-order valence-corrected chi connectivity index (χ1v) is 6.47. The number of aromatic nitrogens is 1. The van der Waals surface area contributed by atoms with E-state index in [1.54, 1.807) is 13.0 Å². The lowest BCUT2D eigenvalue weighted by Gasteiger charge is -2.15. The summed E-state index contributed by atoms with van der Waals surface area (Å²) >= 11 is 0. The second kappa shape index (κ2) is 6.18. The van der Waals surface area contributed by atoms with Gasteiger partial charge in [0.1, 0.15) is 5.76 Å². The second-order valence-corrected chi connectivity index (χ2v) is 4.55. The third-order valence-corrected chi connectivity index (χ3v) is 3.13. The van der Waals surface area contributed by atoms with Gasteiger partial charge in [-0.15, -0.1) is 0 Å². The molecule has 0 unspecified atom stereocenters. The van der Waals surface area contributed by atoms with Crippen LogP contribution in [-0.2, 0) is 0 Å². The van der Waals surface area contributed by atoms with Crippen molar-refractivity contribution in [3.63, 3.8) is 0 Å². The van der Waals surface area contributed by atoms with Gasteiger partial charge < -0.3 is 9.84 Å². The summed E-state index contributed by atoms with van der Waals surface area (Å²) in [5.41, 5.74) is 1.57. The van der Waals surface area contributed by atoms with E-state index in [1.807, 2.05) is 18.2 Å². The van der Waals surface area contributed by atoms with Gasteiger partial charge in [-0.25, -0.2) is 0 Å². The highest BCUT2D eigenvalue weighted by Crippen LogP contribution is 2.18. The second-order valence-electron chi connectivity index (χ2n) is 4.55. The van der Waals surface area contributed by atoms with Crippen molar-refractivity contribution in [3.8, 4) is 0 Å². The molecule has 2 aromatic rings. The van der Waals surface area contributed by atoms with Gasteiger partial charge in [0, 0.05) is 18.5 Å². The van der Waals surface area contributed by atoms with E-state index in [-0.39, 0.29) is 5.91 Å². The molecule has 19 heavy (non-hydrogen) atoms. The smallest absolute Gasteiger partial charge is 0.273 e. The van der Waals surface area contributed by atoms with Crippen LogP contribution in [0, 0.1) is 6.92 Å². The van der Waals surface area contributed by atoms with E-state index in [2.05, 4.69) is 29.5 Å². The lowest BCUT2D eigenvalue weighted by Crippen LogP contribution is -2.28. The van der Waals surface area contributed by atoms with Crippen molar-refractivity contribution in [2.24, 2.45) is 0 Å². The van der Waals surface area contributed by atoms with Crippen molar-refractivity contribution in [2.75, 3.05) is 6.54 Å². The minimum atomic E-state index is -0.189. The highest BCUT2D eigenvalue weighted by Gasteiger charge is 2.14. The molecule has 0 aliphatic heterocycles. The summed E-state index contributed by atoms with van der Waals surface area (Å²) in [4.78, 5) is 11.9. The van der Waals surface area contributed by atoms with Gasteiger partial charge in [-0.2, -0.15) is 0 Å². The first-order valence-electron chi connectivity index (χ1n) is 6.47. The van der Waals surface area contributed by atoms with Crippen molar-refractivity contribution in [2.45, 2.75) is 26.2 Å². The van der Waals surface area contributed by atoms with Crippen LogP contribution in [0.2, 0.25) is 0 Å². The average molecular weight is 258 g/mol. The molecule has 1 atom stereocenters. The molecule has 2 rings (SSSR count). The maximum Gasteiger partial charge on any atom is 0.273 e. The number of carbonyl (C=O) groups is 1. The summed E-state index contributed by atoms with van der Waals surface area (Å²) in [6, 6.07) is 11.8. The molecule has 0 aliphatic carbocycles. The van der Waals surface area contributed by atoms with E-state index >= 15 is 0 Å². The Hall–Kier alpha value is -2.10. The fraction of sp³-hybridized carbons (Fsp3) is 0.333. The third-order valence-electron chi connectivity index (χ3n) is 3.13. The number of amides is 1. The average Bonchev–Trinajstić information content (AvgIpc) is 2.87. The Balaban J connectivity index is 1.95. The van der Waals surface area contributed by atoms with Crippen LogP contribution < -0.4 is 5.32 Å². The highest BCUT2D eigenvalue weighted by molar-refractivity contribution is 5.92. The Morgan fingerprint density at radius 3 is 2.68 bits per heavy atom. The van der Waals surface area contributed by atoms with Gasteiger partial charge in [0.15, 0.2) is 5.69 Å². The van der Waals surface area contributed by atoms with E-state index in [9.17, 15) is 4.79 Å². The molecule has 0 saturated carbocycles. The number of benzene rings is 1. The first kappa shape index (κ1) is 13.3. The lowest BCUT2D eigenvalue weighted by atomic mass is 9.96. The molecule has 1 heterocycles. The summed E-state index contributed by atoms with van der Waals surface area (Å²) in [6.07, 6.45) is 0.974. The van der Waals surface area contributed by atoms with Crippen molar-refractivity contribution in [1.82, 2.24) is 10.5 Å². The van der Waals surface area contributed by atoms with E-state index < -0.39 is 0 Å². The van der Waals surface area contributed by atoms with Crippen molar-refractivity contribution in [1.29, 1.82) is 0 Å². The van der Waals surface area contributed by atoms with Gasteiger partial charge >= 0.3 is 0 Å². The van der Waals surface area contributed by atoms with Crippen LogP contribution in [0.25, 0.3) is 0 Å². The molecule has 1 N–H and O–H groups in total. The minimum Gasteiger partial charge on any atom is -0.361 e. The maximum absolute atomic E-state index is 11.9. The number of aryl methyl sites for hydroxylation is 1. The number of nitrogens with zero attached hydrogens (tertiary/aromatic N) is 1. The zero-order valence-corrected chi connectivity index (χ0v) is 11.2. The van der Waals surface area contributed by atoms with E-state index in [0.29, 0.717) is 23.9 Å². The SMILES string of the molecule is CC[C@@H](CNC(=O)c1cc(C)on1)c1ccccc1. The van der Waals surface area contributed by atoms with Gasteiger partial charge in [0.05, 0.1) is 0 Å². The van der Waals surface area contributed by atoms with E-state index in [0.717, 1.165) is 6.42 Å². The predicted molar refractivity (Wildman–Crippen MR) is 73.0 cm³/mol. The highest BCUT2D eigenvalue weighted by atomic mass is 16.5. The van der Waals surface area contributed by atoms with E-state index in [1.165, 1.54) is 5.56 Å². The minimum absolute atomic E-state index is 0.189. The number of carbonyl (C=O) groups excluding carboxylic acids is 1. The molecule has 0 aliphatic rings. The predicted octanol–water partition coefficient (Wildman–Crippen LogP) is 2.91. The molecule has 1 aromatic heterocycles. The molecule has 100 valence electrons. The van der Waals surface area contributed by atoms with Gasteiger partial charge in [0.25, 0.3) is 5.91 Å². The Morgan fingerprint density at radius 1 is 1.37 bits per heavy atom. The van der Waals surface area contributed by atoms with Crippen LogP contribution in [-0.4, -0.2) is 17.6 Å². The van der Waals surface area contributed by atoms with Crippen molar-refractivity contribution >= 4 is 5.91 Å². The molecule has 0 spiro atoms. The maximum atomic E-state index is 11.9. The van der Waals surface area contributed by atoms with Crippen LogP contribution in [0.3, 0.4) is 0 Å². The topological polar surface area (TPSA) is 55.1 Å². The van der Waals surface area contributed by atoms with Gasteiger partial charge in [0.2, 0.25) is 0 Å². The van der Waals surface area contributed by atoms with Gasteiger partial charge in [-0.1, -0.05) is 42.4 Å². The summed E-state index contributed by atoms with van der Waals surface area (Å²) in [7, 11) is 0. The fourth-order valence-electron chi connectivity index (χ4n) is 2.00. The molecule has 1 amide bonds. The fourth-order valence-corrected chi connectivity index (χ4v) is 2.00. The lowest BCUT2D eigenvalue weighted by molar-refractivity contribution is 0.0942. The zero-order valence-electron chi connectivity index (χ0n) is 11.2. The monoisotopic (exact) mass is 258 g/mol. The normalized spacial score (nSPS) is 12.1. The van der Waals surface area contributed by atoms with Gasteiger partial charge in [-0.05, 0) is 18.9 Å². The summed E-state index contributed by atoms with van der Waals surface area (Å²) in [5, 5.41) is 6.61. The Labute approximate surface area is 112 Å². The Kier molecular flexibility index (Phi) is 4.34. The largest absolute Gasteiger partial charge is 0.361 e. The number of hydrogen-bond acceptors (Lipinski definition) is 3. The molecular formula is C15H18N2O2. The zero-order chi connectivity index (χ0) is 13.7. The summed E-state index contributed by atoms with van der Waals surface area (Å²) in [6.45, 7) is 4.48. The molecule has 4 nitrogen and oxygen atoms in total. The third kappa shape index (κ3) is 3.44. The number of hydrogen-bond donors (Lipinski definition) is 1. The quantitative estimate of drug-likeness (QED) is 0.897. The standard InChI is InChI=1S/C15H18N2O2/c1-3-12(13-7-5-4-6-8-13)10-16-15(18)14-9-11(2)19-17-14/h4-9,12H,3,10H2,1-2H3,(H,16,18)/t12-/m0/s1. The van der Waals surface area contributed by atoms with Crippen molar-refractivity contribution in [3.05, 3.63) is 53.4 Å². The number of rotatable bonds is 5.